The van der Waals surface area contributed by atoms with E-state index in [1.807, 2.05) is 6.92 Å². The van der Waals surface area contributed by atoms with Crippen LogP contribution in [0.5, 0.6) is 5.75 Å². The summed E-state index contributed by atoms with van der Waals surface area (Å²) in [6.07, 6.45) is -0.262. The molecule has 116 valence electrons. The number of nitrogens with two attached hydrogens (primary N) is 1. The maximum Gasteiger partial charge on any atom is 0.248 e. The Bertz CT molecular complexity index is 518. The van der Waals surface area contributed by atoms with Gasteiger partial charge in [-0.2, -0.15) is 0 Å². The van der Waals surface area contributed by atoms with Gasteiger partial charge < -0.3 is 15.8 Å². The molecular formula is C13H15Cl3N2O3. The largest absolute Gasteiger partial charge is 0.466 e. The lowest BCUT2D eigenvalue weighted by Crippen LogP contribution is -2.47. The molecule has 0 spiro atoms. The monoisotopic (exact) mass is 352 g/mol. The van der Waals surface area contributed by atoms with Crippen LogP contribution >= 0.6 is 34.8 Å². The van der Waals surface area contributed by atoms with Crippen molar-refractivity contribution in [1.82, 2.24) is 5.32 Å². The van der Waals surface area contributed by atoms with Gasteiger partial charge in [0.15, 0.2) is 0 Å². The van der Waals surface area contributed by atoms with Gasteiger partial charge in [-0.3, -0.25) is 9.59 Å². The Balaban J connectivity index is 2.89. The van der Waals surface area contributed by atoms with Crippen molar-refractivity contribution in [1.29, 1.82) is 0 Å². The molecule has 0 saturated heterocycles. The van der Waals surface area contributed by atoms with Crippen LogP contribution in [0.2, 0.25) is 0 Å². The summed E-state index contributed by atoms with van der Waals surface area (Å²) in [5.41, 5.74) is 5.42. The molecule has 0 saturated carbocycles. The van der Waals surface area contributed by atoms with Crippen LogP contribution in [0.3, 0.4) is 0 Å². The zero-order valence-electron chi connectivity index (χ0n) is 11.2. The third-order valence-electron chi connectivity index (χ3n) is 2.44. The van der Waals surface area contributed by atoms with Gasteiger partial charge >= 0.3 is 0 Å². The smallest absolute Gasteiger partial charge is 0.248 e. The van der Waals surface area contributed by atoms with Crippen molar-refractivity contribution in [2.45, 2.75) is 29.8 Å². The fraction of sp³-hybridized carbons (Fsp3) is 0.385. The molecule has 0 fully saturated rings. The Morgan fingerprint density at radius 2 is 2.05 bits per heavy atom. The number of halogens is 3. The zero-order chi connectivity index (χ0) is 16.0. The molecule has 21 heavy (non-hydrogen) atoms. The standard InChI is InChI=1S/C13H15Cl3N2O3/c1-2-4-10(19)18-12(13(14,15)16)21-9-6-3-5-8(7-9)11(17)20/h3,5-7,12H,2,4H2,1H3,(H2,17,20)(H,18,19)/t12-/m0/s1. The lowest BCUT2D eigenvalue weighted by Gasteiger charge is -2.26. The molecule has 2 amide bonds. The van der Waals surface area contributed by atoms with Gasteiger partial charge in [-0.15, -0.1) is 0 Å². The molecule has 1 rings (SSSR count). The van der Waals surface area contributed by atoms with Crippen molar-refractivity contribution in [3.8, 4) is 5.75 Å². The number of primary amides is 1. The van der Waals surface area contributed by atoms with Gasteiger partial charge in [-0.25, -0.2) is 0 Å². The van der Waals surface area contributed by atoms with Gasteiger partial charge in [0.25, 0.3) is 0 Å². The molecule has 1 aromatic rings. The van der Waals surface area contributed by atoms with Crippen LogP contribution in [0.4, 0.5) is 0 Å². The molecule has 5 nitrogen and oxygen atoms in total. The van der Waals surface area contributed by atoms with E-state index in [1.54, 1.807) is 12.1 Å². The Kier molecular flexibility index (Phi) is 6.58. The number of amides is 2. The lowest BCUT2D eigenvalue weighted by atomic mass is 10.2. The first-order valence-electron chi connectivity index (χ1n) is 6.16. The number of hydrogen-bond donors (Lipinski definition) is 2. The van der Waals surface area contributed by atoms with Crippen LogP contribution in [0.25, 0.3) is 0 Å². The van der Waals surface area contributed by atoms with Gasteiger partial charge in [0.2, 0.25) is 21.8 Å². The van der Waals surface area contributed by atoms with E-state index in [-0.39, 0.29) is 23.6 Å². The second-order valence-corrected chi connectivity index (χ2v) is 6.62. The molecule has 8 heteroatoms. The predicted molar refractivity (Wildman–Crippen MR) is 82.7 cm³/mol. The summed E-state index contributed by atoms with van der Waals surface area (Å²) in [4.78, 5) is 22.7. The van der Waals surface area contributed by atoms with E-state index in [0.717, 1.165) is 0 Å². The van der Waals surface area contributed by atoms with Crippen molar-refractivity contribution in [3.05, 3.63) is 29.8 Å². The fourth-order valence-corrected chi connectivity index (χ4v) is 1.78. The average molecular weight is 354 g/mol. The molecule has 0 aliphatic heterocycles. The summed E-state index contributed by atoms with van der Waals surface area (Å²) < 4.78 is 3.58. The van der Waals surface area contributed by atoms with Crippen molar-refractivity contribution in [2.75, 3.05) is 0 Å². The molecule has 0 aromatic heterocycles. The van der Waals surface area contributed by atoms with Crippen molar-refractivity contribution in [2.24, 2.45) is 5.73 Å². The summed E-state index contributed by atoms with van der Waals surface area (Å²) in [5, 5.41) is 2.48. The molecule has 3 N–H and O–H groups in total. The highest BCUT2D eigenvalue weighted by Crippen LogP contribution is 2.32. The number of benzene rings is 1. The van der Waals surface area contributed by atoms with E-state index < -0.39 is 15.9 Å². The van der Waals surface area contributed by atoms with Crippen LogP contribution in [0.15, 0.2) is 24.3 Å². The van der Waals surface area contributed by atoms with E-state index in [0.29, 0.717) is 6.42 Å². The summed E-state index contributed by atoms with van der Waals surface area (Å²) in [5.74, 6) is -0.666. The second kappa shape index (κ2) is 7.73. The topological polar surface area (TPSA) is 81.4 Å². The first-order chi connectivity index (χ1) is 9.74. The maximum absolute atomic E-state index is 11.6. The van der Waals surface area contributed by atoms with Crippen LogP contribution in [-0.2, 0) is 4.79 Å². The maximum atomic E-state index is 11.6. The minimum Gasteiger partial charge on any atom is -0.466 e. The SMILES string of the molecule is CCCC(=O)N[C@@H](Oc1cccc(C(N)=O)c1)C(Cl)(Cl)Cl. The van der Waals surface area contributed by atoms with Crippen LogP contribution in [0.1, 0.15) is 30.1 Å². The number of carbonyl (C=O) groups is 2. The molecular weight excluding hydrogens is 339 g/mol. The molecule has 0 unspecified atom stereocenters. The van der Waals surface area contributed by atoms with Crippen molar-refractivity contribution < 1.29 is 14.3 Å². The van der Waals surface area contributed by atoms with E-state index in [1.165, 1.54) is 12.1 Å². The first-order valence-corrected chi connectivity index (χ1v) is 7.30. The molecule has 1 atom stereocenters. The van der Waals surface area contributed by atoms with Crippen molar-refractivity contribution >= 4 is 46.6 Å². The quantitative estimate of drug-likeness (QED) is 0.609. The molecule has 0 radical (unpaired) electrons. The Morgan fingerprint density at radius 1 is 1.38 bits per heavy atom. The third-order valence-corrected chi connectivity index (χ3v) is 3.03. The third kappa shape index (κ3) is 5.99. The molecule has 0 heterocycles. The molecule has 0 aliphatic rings. The predicted octanol–water partition coefficient (Wildman–Crippen LogP) is 2.78. The van der Waals surface area contributed by atoms with E-state index in [9.17, 15) is 9.59 Å². The summed E-state index contributed by atoms with van der Waals surface area (Å²) >= 11 is 17.4. The average Bonchev–Trinajstić information content (AvgIpc) is 2.37. The summed E-state index contributed by atoms with van der Waals surface area (Å²) in [7, 11) is 0. The minimum atomic E-state index is -1.87. The van der Waals surface area contributed by atoms with Crippen LogP contribution in [0, 0.1) is 0 Å². The zero-order valence-corrected chi connectivity index (χ0v) is 13.5. The Morgan fingerprint density at radius 3 is 2.57 bits per heavy atom. The highest BCUT2D eigenvalue weighted by molar-refractivity contribution is 6.68. The fourth-order valence-electron chi connectivity index (χ4n) is 1.48. The normalized spacial score (nSPS) is 12.6. The minimum absolute atomic E-state index is 0.246. The van der Waals surface area contributed by atoms with E-state index >= 15 is 0 Å². The van der Waals surface area contributed by atoms with E-state index in [2.05, 4.69) is 5.32 Å². The van der Waals surface area contributed by atoms with Gasteiger partial charge in [0, 0.05) is 12.0 Å². The molecule has 1 aromatic carbocycles. The summed E-state index contributed by atoms with van der Waals surface area (Å²) in [6, 6.07) is 6.05. The van der Waals surface area contributed by atoms with Gasteiger partial charge in [0.1, 0.15) is 5.75 Å². The number of ether oxygens (including phenoxy) is 1. The van der Waals surface area contributed by atoms with Gasteiger partial charge in [0.05, 0.1) is 0 Å². The number of rotatable bonds is 6. The van der Waals surface area contributed by atoms with E-state index in [4.69, 9.17) is 45.3 Å². The number of alkyl halides is 3. The number of carbonyl (C=O) groups excluding carboxylic acids is 2. The Hall–Kier alpha value is -1.17. The van der Waals surface area contributed by atoms with Crippen molar-refractivity contribution in [3.63, 3.8) is 0 Å². The second-order valence-electron chi connectivity index (χ2n) is 4.25. The molecule has 0 aliphatic carbocycles. The van der Waals surface area contributed by atoms with Crippen LogP contribution < -0.4 is 15.8 Å². The van der Waals surface area contributed by atoms with Crippen LogP contribution in [-0.4, -0.2) is 21.8 Å². The summed E-state index contributed by atoms with van der Waals surface area (Å²) in [6.45, 7) is 1.85. The highest BCUT2D eigenvalue weighted by atomic mass is 35.6. The number of nitrogens with one attached hydrogen (secondary N) is 1. The lowest BCUT2D eigenvalue weighted by molar-refractivity contribution is -0.123. The molecule has 0 bridgehead atoms. The number of hydrogen-bond acceptors (Lipinski definition) is 3. The van der Waals surface area contributed by atoms with Gasteiger partial charge in [-0.1, -0.05) is 47.8 Å². The van der Waals surface area contributed by atoms with Gasteiger partial charge in [-0.05, 0) is 24.6 Å². The highest BCUT2D eigenvalue weighted by Gasteiger charge is 2.36. The Labute approximate surface area is 137 Å². The first kappa shape index (κ1) is 17.9.